The van der Waals surface area contributed by atoms with Crippen molar-refractivity contribution in [1.29, 1.82) is 0 Å². The van der Waals surface area contributed by atoms with Gasteiger partial charge in [-0.15, -0.1) is 0 Å². The topological polar surface area (TPSA) is 44.1 Å². The zero-order valence-electron chi connectivity index (χ0n) is 22.9. The number of imidazole rings is 1. The van der Waals surface area contributed by atoms with Crippen LogP contribution in [-0.4, -0.2) is 22.4 Å². The molecule has 0 atom stereocenters. The van der Waals surface area contributed by atoms with Gasteiger partial charge in [0.15, 0.2) is 5.78 Å². The summed E-state index contributed by atoms with van der Waals surface area (Å²) in [4.78, 5) is 17.7. The number of ether oxygens (including phenoxy) is 1. The molecule has 0 radical (unpaired) electrons. The van der Waals surface area contributed by atoms with Gasteiger partial charge in [0, 0.05) is 23.2 Å². The Morgan fingerprint density at radius 1 is 0.949 bits per heavy atom. The molecule has 6 heteroatoms. The van der Waals surface area contributed by atoms with Gasteiger partial charge in [0.05, 0.1) is 24.4 Å². The standard InChI is InChI=1S/C33H34Cl2N2O2/c1-33(2,3)19-5-6-27(38)21-37-22-31(29-17-14-26(34)20-30(29)35)36-32(37)18-9-23-7-10-24(11-8-23)25-12-15-28(39-4)16-13-25/h7-18,20,22H,5-6,19,21H2,1-4H3/b18-9+. The van der Waals surface area contributed by atoms with Crippen LogP contribution in [0.4, 0.5) is 0 Å². The summed E-state index contributed by atoms with van der Waals surface area (Å²) in [7, 11) is 1.66. The predicted octanol–water partition coefficient (Wildman–Crippen LogP) is 9.49. The Kier molecular flexibility index (Phi) is 9.32. The summed E-state index contributed by atoms with van der Waals surface area (Å²) in [5.74, 6) is 1.71. The third-order valence-corrected chi connectivity index (χ3v) is 7.05. The minimum Gasteiger partial charge on any atom is -0.497 e. The molecule has 1 aromatic heterocycles. The molecule has 4 nitrogen and oxygen atoms in total. The monoisotopic (exact) mass is 560 g/mol. The third-order valence-electron chi connectivity index (χ3n) is 6.50. The van der Waals surface area contributed by atoms with E-state index in [0.717, 1.165) is 40.8 Å². The van der Waals surface area contributed by atoms with Crippen LogP contribution in [0, 0.1) is 5.41 Å². The van der Waals surface area contributed by atoms with Gasteiger partial charge in [0.1, 0.15) is 11.6 Å². The molecule has 3 aromatic carbocycles. The van der Waals surface area contributed by atoms with E-state index in [1.54, 1.807) is 19.2 Å². The summed E-state index contributed by atoms with van der Waals surface area (Å²) in [6, 6.07) is 21.7. The van der Waals surface area contributed by atoms with E-state index in [9.17, 15) is 4.79 Å². The van der Waals surface area contributed by atoms with Crippen LogP contribution in [-0.2, 0) is 11.3 Å². The highest BCUT2D eigenvalue weighted by atomic mass is 35.5. The van der Waals surface area contributed by atoms with Gasteiger partial charge < -0.3 is 9.30 Å². The molecular formula is C33H34Cl2N2O2. The van der Waals surface area contributed by atoms with Crippen molar-refractivity contribution in [3.63, 3.8) is 0 Å². The highest BCUT2D eigenvalue weighted by Crippen LogP contribution is 2.30. The smallest absolute Gasteiger partial charge is 0.152 e. The first-order chi connectivity index (χ1) is 18.6. The minimum absolute atomic E-state index is 0.184. The summed E-state index contributed by atoms with van der Waals surface area (Å²) < 4.78 is 7.16. The Morgan fingerprint density at radius 3 is 2.23 bits per heavy atom. The van der Waals surface area contributed by atoms with Crippen molar-refractivity contribution in [2.45, 2.75) is 46.6 Å². The number of halogens is 2. The Labute approximate surface area is 241 Å². The number of aromatic nitrogens is 2. The molecule has 0 aliphatic heterocycles. The van der Waals surface area contributed by atoms with Crippen LogP contribution in [0.25, 0.3) is 34.5 Å². The highest BCUT2D eigenvalue weighted by molar-refractivity contribution is 6.36. The molecule has 0 aliphatic carbocycles. The SMILES string of the molecule is COc1ccc(-c2ccc(/C=C/c3nc(-c4ccc(Cl)cc4Cl)cn3CC(=O)CCCC(C)(C)C)cc2)cc1. The van der Waals surface area contributed by atoms with Crippen molar-refractivity contribution in [3.05, 3.63) is 94.4 Å². The average molecular weight is 562 g/mol. The molecule has 0 aliphatic rings. The van der Waals surface area contributed by atoms with Gasteiger partial charge >= 0.3 is 0 Å². The number of benzene rings is 3. The van der Waals surface area contributed by atoms with Gasteiger partial charge in [-0.25, -0.2) is 4.98 Å². The van der Waals surface area contributed by atoms with E-state index in [4.69, 9.17) is 32.9 Å². The average Bonchev–Trinajstić information content (AvgIpc) is 3.29. The maximum atomic E-state index is 12.9. The maximum Gasteiger partial charge on any atom is 0.152 e. The van der Waals surface area contributed by atoms with Crippen molar-refractivity contribution in [2.75, 3.05) is 7.11 Å². The van der Waals surface area contributed by atoms with E-state index in [-0.39, 0.29) is 17.7 Å². The van der Waals surface area contributed by atoms with Gasteiger partial charge in [-0.2, -0.15) is 0 Å². The molecule has 0 spiro atoms. The van der Waals surface area contributed by atoms with Crippen LogP contribution < -0.4 is 4.74 Å². The number of methoxy groups -OCH3 is 1. The second-order valence-electron chi connectivity index (χ2n) is 10.9. The van der Waals surface area contributed by atoms with E-state index < -0.39 is 0 Å². The molecule has 39 heavy (non-hydrogen) atoms. The van der Waals surface area contributed by atoms with Gasteiger partial charge in [-0.3, -0.25) is 4.79 Å². The Balaban J connectivity index is 1.56. The largest absolute Gasteiger partial charge is 0.497 e. The van der Waals surface area contributed by atoms with Crippen molar-refractivity contribution in [2.24, 2.45) is 5.41 Å². The molecule has 0 amide bonds. The zero-order valence-corrected chi connectivity index (χ0v) is 24.4. The Bertz CT molecular complexity index is 1450. The molecule has 4 aromatic rings. The molecule has 202 valence electrons. The third kappa shape index (κ3) is 8.08. The molecular weight excluding hydrogens is 527 g/mol. The quantitative estimate of drug-likeness (QED) is 0.194. The van der Waals surface area contributed by atoms with Crippen LogP contribution in [0.2, 0.25) is 10.0 Å². The lowest BCUT2D eigenvalue weighted by atomic mass is 9.89. The van der Waals surface area contributed by atoms with Gasteiger partial charge in [-0.1, -0.05) is 86.4 Å². The second-order valence-corrected chi connectivity index (χ2v) is 11.7. The lowest BCUT2D eigenvalue weighted by Gasteiger charge is -2.17. The number of nitrogens with zero attached hydrogens (tertiary/aromatic N) is 2. The van der Waals surface area contributed by atoms with Crippen molar-refractivity contribution in [3.8, 4) is 28.1 Å². The van der Waals surface area contributed by atoms with Gasteiger partial charge in [0.2, 0.25) is 0 Å². The summed E-state index contributed by atoms with van der Waals surface area (Å²) in [5.41, 5.74) is 4.97. The molecule has 4 rings (SSSR count). The van der Waals surface area contributed by atoms with Crippen LogP contribution in [0.1, 0.15) is 51.4 Å². The number of Topliss-reactive ketones (excluding diaryl/α,β-unsaturated/α-hetero) is 1. The van der Waals surface area contributed by atoms with Gasteiger partial charge in [0.25, 0.3) is 0 Å². The first kappa shape index (κ1) is 28.7. The van der Waals surface area contributed by atoms with Gasteiger partial charge in [-0.05, 0) is 71.4 Å². The van der Waals surface area contributed by atoms with Crippen LogP contribution in [0.5, 0.6) is 5.75 Å². The first-order valence-corrected chi connectivity index (χ1v) is 13.8. The summed E-state index contributed by atoms with van der Waals surface area (Å²) in [6.07, 6.45) is 8.27. The van der Waals surface area contributed by atoms with E-state index >= 15 is 0 Å². The molecule has 0 bridgehead atoms. The normalized spacial score (nSPS) is 11.7. The van der Waals surface area contributed by atoms with E-state index in [1.165, 1.54) is 0 Å². The van der Waals surface area contributed by atoms with Crippen molar-refractivity contribution < 1.29 is 9.53 Å². The predicted molar refractivity (Wildman–Crippen MR) is 163 cm³/mol. The molecule has 0 unspecified atom stereocenters. The minimum atomic E-state index is 0.184. The van der Waals surface area contributed by atoms with Crippen LogP contribution in [0.3, 0.4) is 0 Å². The van der Waals surface area contributed by atoms with E-state index in [2.05, 4.69) is 45.0 Å². The van der Waals surface area contributed by atoms with E-state index in [0.29, 0.717) is 28.0 Å². The fraction of sp³-hybridized carbons (Fsp3) is 0.273. The lowest BCUT2D eigenvalue weighted by Crippen LogP contribution is -2.12. The summed E-state index contributed by atoms with van der Waals surface area (Å²) >= 11 is 12.6. The highest BCUT2D eigenvalue weighted by Gasteiger charge is 2.15. The zero-order chi connectivity index (χ0) is 28.0. The fourth-order valence-electron chi connectivity index (χ4n) is 4.34. The number of carbonyl (C=O) groups is 1. The van der Waals surface area contributed by atoms with Crippen LogP contribution >= 0.6 is 23.2 Å². The number of ketones is 1. The van der Waals surface area contributed by atoms with E-state index in [1.807, 2.05) is 53.2 Å². The summed E-state index contributed by atoms with van der Waals surface area (Å²) in [5, 5.41) is 1.09. The van der Waals surface area contributed by atoms with Crippen LogP contribution in [0.15, 0.2) is 72.9 Å². The maximum absolute atomic E-state index is 12.9. The molecule has 0 N–H and O–H groups in total. The fourth-order valence-corrected chi connectivity index (χ4v) is 4.85. The van der Waals surface area contributed by atoms with Crippen molar-refractivity contribution in [1.82, 2.24) is 9.55 Å². The lowest BCUT2D eigenvalue weighted by molar-refractivity contribution is -0.119. The second kappa shape index (κ2) is 12.7. The molecule has 0 saturated carbocycles. The molecule has 0 fully saturated rings. The number of hydrogen-bond acceptors (Lipinski definition) is 3. The van der Waals surface area contributed by atoms with Crippen molar-refractivity contribution >= 4 is 41.1 Å². The number of hydrogen-bond donors (Lipinski definition) is 0. The summed E-state index contributed by atoms with van der Waals surface area (Å²) in [6.45, 7) is 6.85. The number of carbonyl (C=O) groups excluding carboxylic acids is 1. The Morgan fingerprint density at radius 2 is 1.62 bits per heavy atom. The molecule has 0 saturated heterocycles. The first-order valence-electron chi connectivity index (χ1n) is 13.1. The Hall–Kier alpha value is -3.34. The molecule has 1 heterocycles. The number of rotatable bonds is 10.